The van der Waals surface area contributed by atoms with E-state index >= 15 is 0 Å². The van der Waals surface area contributed by atoms with E-state index in [1.165, 1.54) is 12.4 Å². The highest BCUT2D eigenvalue weighted by molar-refractivity contribution is 6.05. The Kier molecular flexibility index (Phi) is 4.08. The second kappa shape index (κ2) is 6.55. The van der Waals surface area contributed by atoms with Gasteiger partial charge in [0.05, 0.1) is 6.20 Å². The van der Waals surface area contributed by atoms with Crippen molar-refractivity contribution in [2.24, 2.45) is 5.92 Å². The van der Waals surface area contributed by atoms with Gasteiger partial charge in [-0.05, 0) is 35.1 Å². The minimum Gasteiger partial charge on any atom is -0.368 e. The van der Waals surface area contributed by atoms with Gasteiger partial charge in [-0.3, -0.25) is 5.10 Å². The lowest BCUT2D eigenvalue weighted by molar-refractivity contribution is 0.630. The molecule has 3 aromatic rings. The maximum Gasteiger partial charge on any atom is 0.219 e. The zero-order chi connectivity index (χ0) is 18.1. The lowest BCUT2D eigenvalue weighted by atomic mass is 9.84. The second-order valence-corrected chi connectivity index (χ2v) is 6.42. The Balaban J connectivity index is 1.73. The number of rotatable bonds is 3. The largest absolute Gasteiger partial charge is 0.368 e. The van der Waals surface area contributed by atoms with Crippen molar-refractivity contribution >= 4 is 17.1 Å². The molecule has 0 spiro atoms. The first-order valence-corrected chi connectivity index (χ1v) is 8.41. The van der Waals surface area contributed by atoms with E-state index in [4.69, 9.17) is 5.73 Å². The smallest absolute Gasteiger partial charge is 0.219 e. The Bertz CT molecular complexity index is 988. The summed E-state index contributed by atoms with van der Waals surface area (Å²) in [5, 5.41) is 6.88. The van der Waals surface area contributed by atoms with Crippen molar-refractivity contribution in [3.8, 4) is 11.1 Å². The molecule has 6 heteroatoms. The van der Waals surface area contributed by atoms with E-state index in [-0.39, 0.29) is 11.8 Å². The summed E-state index contributed by atoms with van der Waals surface area (Å²) < 4.78 is 14.8. The number of hydrogen-bond acceptors (Lipinski definition) is 4. The quantitative estimate of drug-likeness (QED) is 0.747. The molecule has 5 nitrogen and oxygen atoms in total. The summed E-state index contributed by atoms with van der Waals surface area (Å²) in [6.07, 6.45) is 12.0. The van der Waals surface area contributed by atoms with Crippen molar-refractivity contribution in [2.75, 3.05) is 5.73 Å². The van der Waals surface area contributed by atoms with Crippen molar-refractivity contribution in [1.82, 2.24) is 20.2 Å². The van der Waals surface area contributed by atoms with Crippen LogP contribution in [0.2, 0.25) is 0 Å². The zero-order valence-electron chi connectivity index (χ0n) is 14.3. The molecule has 2 heterocycles. The monoisotopic (exact) mass is 347 g/mol. The van der Waals surface area contributed by atoms with Gasteiger partial charge in [0.25, 0.3) is 0 Å². The predicted molar refractivity (Wildman–Crippen MR) is 100 cm³/mol. The molecule has 0 fully saturated rings. The van der Waals surface area contributed by atoms with Crippen LogP contribution in [-0.4, -0.2) is 20.2 Å². The normalized spacial score (nSPS) is 16.9. The molecule has 0 bridgehead atoms. The van der Waals surface area contributed by atoms with E-state index < -0.39 is 0 Å². The third-order valence-electron chi connectivity index (χ3n) is 4.51. The highest BCUT2D eigenvalue weighted by Crippen LogP contribution is 2.37. The highest BCUT2D eigenvalue weighted by atomic mass is 19.1. The van der Waals surface area contributed by atoms with Crippen LogP contribution in [-0.2, 0) is 0 Å². The molecule has 2 aromatic heterocycles. The van der Waals surface area contributed by atoms with E-state index in [2.05, 4.69) is 39.2 Å². The number of aromatic nitrogens is 4. The molecule has 0 radical (unpaired) electrons. The Morgan fingerprint density at radius 2 is 1.88 bits per heavy atom. The molecule has 1 aliphatic carbocycles. The first-order chi connectivity index (χ1) is 12.6. The van der Waals surface area contributed by atoms with Crippen molar-refractivity contribution in [2.45, 2.75) is 13.3 Å². The fourth-order valence-electron chi connectivity index (χ4n) is 3.17. The topological polar surface area (TPSA) is 80.5 Å². The number of hydrogen-bond donors (Lipinski definition) is 2. The summed E-state index contributed by atoms with van der Waals surface area (Å²) >= 11 is 0. The number of nitrogens with zero attached hydrogens (tertiary/aromatic N) is 3. The molecule has 0 saturated carbocycles. The summed E-state index contributed by atoms with van der Waals surface area (Å²) in [5.41, 5.74) is 10.5. The highest BCUT2D eigenvalue weighted by Gasteiger charge is 2.18. The van der Waals surface area contributed by atoms with E-state index in [0.29, 0.717) is 17.0 Å². The molecule has 0 amide bonds. The van der Waals surface area contributed by atoms with Gasteiger partial charge in [-0.1, -0.05) is 31.2 Å². The average molecular weight is 347 g/mol. The summed E-state index contributed by atoms with van der Waals surface area (Å²) in [6.45, 7) is 2.16. The van der Waals surface area contributed by atoms with Gasteiger partial charge in [0, 0.05) is 35.3 Å². The second-order valence-electron chi connectivity index (χ2n) is 6.42. The lowest BCUT2D eigenvalue weighted by Gasteiger charge is -2.20. The number of nitrogens with one attached hydrogen (secondary N) is 1. The minimum atomic E-state index is -0.318. The number of H-pyrrole nitrogens is 1. The van der Waals surface area contributed by atoms with Crippen LogP contribution in [0.5, 0.6) is 0 Å². The molecule has 1 aliphatic rings. The van der Waals surface area contributed by atoms with Crippen molar-refractivity contribution in [3.05, 3.63) is 72.1 Å². The number of allylic oxidation sites excluding steroid dienone is 4. The van der Waals surface area contributed by atoms with Crippen LogP contribution in [0.25, 0.3) is 22.3 Å². The number of halogens is 1. The van der Waals surface area contributed by atoms with Gasteiger partial charge < -0.3 is 5.73 Å². The number of anilines is 1. The van der Waals surface area contributed by atoms with E-state index in [9.17, 15) is 4.39 Å². The van der Waals surface area contributed by atoms with Crippen LogP contribution < -0.4 is 5.73 Å². The maximum absolute atomic E-state index is 14.8. The molecule has 0 saturated heterocycles. The summed E-state index contributed by atoms with van der Waals surface area (Å²) in [4.78, 5) is 7.86. The third-order valence-corrected chi connectivity index (χ3v) is 4.51. The standard InChI is InChI=1S/C20H18FN5/c1-12-2-4-16(18(6-12)15-10-25-26-11-15)13-3-5-17(19(21)7-13)14-8-23-20(22)24-9-14/h3-12H,2H2,1H3,(H,25,26)(H2,22,23,24). The average Bonchev–Trinajstić information content (AvgIpc) is 3.17. The van der Waals surface area contributed by atoms with Crippen LogP contribution in [0.3, 0.4) is 0 Å². The van der Waals surface area contributed by atoms with Crippen molar-refractivity contribution in [3.63, 3.8) is 0 Å². The van der Waals surface area contributed by atoms with Crippen LogP contribution in [0.4, 0.5) is 10.3 Å². The Labute approximate surface area is 150 Å². The van der Waals surface area contributed by atoms with E-state index in [1.807, 2.05) is 12.3 Å². The maximum atomic E-state index is 14.8. The van der Waals surface area contributed by atoms with Gasteiger partial charge >= 0.3 is 0 Å². The fraction of sp³-hybridized carbons (Fsp3) is 0.150. The van der Waals surface area contributed by atoms with Crippen LogP contribution >= 0.6 is 0 Å². The van der Waals surface area contributed by atoms with Crippen LogP contribution in [0.15, 0.2) is 55.1 Å². The van der Waals surface area contributed by atoms with E-state index in [1.54, 1.807) is 18.3 Å². The number of benzene rings is 1. The van der Waals surface area contributed by atoms with Gasteiger partial charge in [-0.15, -0.1) is 0 Å². The van der Waals surface area contributed by atoms with Crippen LogP contribution in [0.1, 0.15) is 24.5 Å². The van der Waals surface area contributed by atoms with Gasteiger partial charge in [0.2, 0.25) is 5.95 Å². The van der Waals surface area contributed by atoms with Gasteiger partial charge in [-0.25, -0.2) is 14.4 Å². The molecule has 130 valence electrons. The molecule has 0 aliphatic heterocycles. The van der Waals surface area contributed by atoms with E-state index in [0.717, 1.165) is 28.7 Å². The van der Waals surface area contributed by atoms with Crippen LogP contribution in [0, 0.1) is 11.7 Å². The van der Waals surface area contributed by atoms with Gasteiger partial charge in [0.15, 0.2) is 0 Å². The zero-order valence-corrected chi connectivity index (χ0v) is 14.3. The summed E-state index contributed by atoms with van der Waals surface area (Å²) in [5.74, 6) is 0.281. The Morgan fingerprint density at radius 3 is 2.58 bits per heavy atom. The Hall–Kier alpha value is -3.28. The molecule has 26 heavy (non-hydrogen) atoms. The molecule has 4 rings (SSSR count). The number of aromatic amines is 1. The van der Waals surface area contributed by atoms with Crippen molar-refractivity contribution in [1.29, 1.82) is 0 Å². The van der Waals surface area contributed by atoms with Gasteiger partial charge in [0.1, 0.15) is 5.82 Å². The molecule has 1 aromatic carbocycles. The molecular formula is C20H18FN5. The number of nitrogen functional groups attached to an aromatic ring is 1. The Morgan fingerprint density at radius 1 is 1.08 bits per heavy atom. The first kappa shape index (κ1) is 16.2. The summed E-state index contributed by atoms with van der Waals surface area (Å²) in [6, 6.07) is 5.23. The first-order valence-electron chi connectivity index (χ1n) is 8.41. The fourth-order valence-corrected chi connectivity index (χ4v) is 3.17. The van der Waals surface area contributed by atoms with Crippen molar-refractivity contribution < 1.29 is 4.39 Å². The molecule has 3 N–H and O–H groups in total. The molecular weight excluding hydrogens is 329 g/mol. The molecule has 1 atom stereocenters. The SMILES string of the molecule is CC1C=C(c2cn[nH]c2)C(c2ccc(-c3cnc(N)nc3)c(F)c2)=CC1. The summed E-state index contributed by atoms with van der Waals surface area (Å²) in [7, 11) is 0. The third kappa shape index (κ3) is 3.01. The minimum absolute atomic E-state index is 0.169. The number of nitrogens with two attached hydrogens (primary N) is 1. The van der Waals surface area contributed by atoms with Gasteiger partial charge in [-0.2, -0.15) is 5.10 Å². The predicted octanol–water partition coefficient (Wildman–Crippen LogP) is 4.09. The molecule has 1 unspecified atom stereocenters. The lowest BCUT2D eigenvalue weighted by Crippen LogP contribution is -2.01.